The molecule has 0 aromatic carbocycles. The molecule has 1 fully saturated rings. The van der Waals surface area contributed by atoms with E-state index in [1.807, 2.05) is 0 Å². The Morgan fingerprint density at radius 1 is 1.11 bits per heavy atom. The number of carbonyl (C=O) groups excluding carboxylic acids is 1. The van der Waals surface area contributed by atoms with E-state index in [1.165, 1.54) is 0 Å². The van der Waals surface area contributed by atoms with Crippen molar-refractivity contribution in [3.63, 3.8) is 0 Å². The van der Waals surface area contributed by atoms with E-state index >= 15 is 0 Å². The lowest BCUT2D eigenvalue weighted by molar-refractivity contribution is -0.122. The summed E-state index contributed by atoms with van der Waals surface area (Å²) in [4.78, 5) is 16.0. The van der Waals surface area contributed by atoms with E-state index in [9.17, 15) is 4.79 Å². The maximum atomic E-state index is 11.1. The topological polar surface area (TPSA) is 75.6 Å². The number of nitrogens with zero attached hydrogens (tertiary/aromatic N) is 2. The second-order valence-corrected chi connectivity index (χ2v) is 6.53. The quantitative estimate of drug-likeness (QED) is 0.742. The number of nitrogens with two attached hydrogens (primary N) is 2. The largest absolute Gasteiger partial charge is 0.368 e. The molecular weight excluding hydrogens is 228 g/mol. The Morgan fingerprint density at radius 3 is 2.00 bits per heavy atom. The summed E-state index contributed by atoms with van der Waals surface area (Å²) in [6.07, 6.45) is 0.623. The molecule has 1 unspecified atom stereocenters. The first-order chi connectivity index (χ1) is 8.13. The monoisotopic (exact) mass is 256 g/mol. The molecule has 0 aromatic heterocycles. The number of carbonyl (C=O) groups is 1. The molecule has 1 aliphatic heterocycles. The van der Waals surface area contributed by atoms with Crippen LogP contribution >= 0.6 is 0 Å². The molecule has 4 N–H and O–H groups in total. The second-order valence-electron chi connectivity index (χ2n) is 6.53. The molecule has 1 amide bonds. The highest BCUT2D eigenvalue weighted by molar-refractivity contribution is 5.83. The van der Waals surface area contributed by atoms with Crippen molar-refractivity contribution in [2.45, 2.75) is 45.2 Å². The molecule has 0 saturated carbocycles. The third-order valence-electron chi connectivity index (χ3n) is 3.83. The average Bonchev–Trinajstić information content (AvgIpc) is 2.25. The molecule has 106 valence electrons. The van der Waals surface area contributed by atoms with Gasteiger partial charge in [0, 0.05) is 38.3 Å². The van der Waals surface area contributed by atoms with Gasteiger partial charge in [-0.1, -0.05) is 0 Å². The first kappa shape index (κ1) is 15.4. The zero-order valence-electron chi connectivity index (χ0n) is 12.2. The number of piperazine rings is 1. The molecule has 1 rings (SSSR count). The fraction of sp³-hybridized carbons (Fsp3) is 0.923. The molecular formula is C13H28N4O. The Balaban J connectivity index is 2.35. The minimum absolute atomic E-state index is 0.238. The lowest BCUT2D eigenvalue weighted by Gasteiger charge is -2.42. The van der Waals surface area contributed by atoms with Gasteiger partial charge < -0.3 is 16.4 Å². The van der Waals surface area contributed by atoms with Crippen molar-refractivity contribution in [1.29, 1.82) is 0 Å². The van der Waals surface area contributed by atoms with Crippen molar-refractivity contribution in [2.75, 3.05) is 32.7 Å². The predicted molar refractivity (Wildman–Crippen MR) is 74.2 cm³/mol. The van der Waals surface area contributed by atoms with Crippen LogP contribution in [-0.2, 0) is 4.79 Å². The summed E-state index contributed by atoms with van der Waals surface area (Å²) in [5.41, 5.74) is 10.5. The van der Waals surface area contributed by atoms with Gasteiger partial charge in [0.05, 0.1) is 5.54 Å². The number of hydrogen-bond donors (Lipinski definition) is 2. The zero-order valence-corrected chi connectivity index (χ0v) is 12.2. The SMILES string of the molecule is CC(N)(CCN1CCN(C(C)(C)C)CC1)C(N)=O. The minimum atomic E-state index is -0.888. The smallest absolute Gasteiger partial charge is 0.237 e. The summed E-state index contributed by atoms with van der Waals surface area (Å²) in [5, 5.41) is 0. The third kappa shape index (κ3) is 4.23. The number of primary amides is 1. The van der Waals surface area contributed by atoms with Crippen LogP contribution in [0.25, 0.3) is 0 Å². The van der Waals surface area contributed by atoms with Crippen LogP contribution in [0.4, 0.5) is 0 Å². The van der Waals surface area contributed by atoms with Crippen LogP contribution in [0.15, 0.2) is 0 Å². The lowest BCUT2D eigenvalue weighted by Crippen LogP contribution is -2.55. The second kappa shape index (κ2) is 5.55. The van der Waals surface area contributed by atoms with Crippen LogP contribution in [0.2, 0.25) is 0 Å². The summed E-state index contributed by atoms with van der Waals surface area (Å²) >= 11 is 0. The Labute approximate surface area is 110 Å². The molecule has 0 aliphatic carbocycles. The molecule has 1 aliphatic rings. The van der Waals surface area contributed by atoms with E-state index in [1.54, 1.807) is 6.92 Å². The fourth-order valence-electron chi connectivity index (χ4n) is 2.16. The molecule has 0 aromatic rings. The molecule has 1 heterocycles. The van der Waals surface area contributed by atoms with Gasteiger partial charge in [-0.05, 0) is 34.1 Å². The molecule has 1 atom stereocenters. The van der Waals surface area contributed by atoms with Gasteiger partial charge in [-0.3, -0.25) is 9.69 Å². The van der Waals surface area contributed by atoms with Crippen molar-refractivity contribution in [3.8, 4) is 0 Å². The van der Waals surface area contributed by atoms with Gasteiger partial charge in [-0.15, -0.1) is 0 Å². The lowest BCUT2D eigenvalue weighted by atomic mass is 9.98. The van der Waals surface area contributed by atoms with E-state index in [0.29, 0.717) is 6.42 Å². The first-order valence-electron chi connectivity index (χ1n) is 6.69. The predicted octanol–water partition coefficient (Wildman–Crippen LogP) is -0.00470. The standard InChI is InChI=1S/C13H28N4O/c1-12(2,3)17-9-7-16(8-10-17)6-5-13(4,15)11(14)18/h5-10,15H2,1-4H3,(H2,14,18). The Morgan fingerprint density at radius 2 is 1.61 bits per heavy atom. The van der Waals surface area contributed by atoms with Gasteiger partial charge in [0.15, 0.2) is 0 Å². The van der Waals surface area contributed by atoms with E-state index in [4.69, 9.17) is 11.5 Å². The molecule has 18 heavy (non-hydrogen) atoms. The van der Waals surface area contributed by atoms with Crippen LogP contribution < -0.4 is 11.5 Å². The van der Waals surface area contributed by atoms with Crippen molar-refractivity contribution in [2.24, 2.45) is 11.5 Å². The summed E-state index contributed by atoms with van der Waals surface area (Å²) in [5.74, 6) is -0.421. The zero-order chi connectivity index (χ0) is 14.0. The van der Waals surface area contributed by atoms with E-state index < -0.39 is 11.4 Å². The Kier molecular flexibility index (Phi) is 4.75. The van der Waals surface area contributed by atoms with Crippen LogP contribution in [0, 0.1) is 0 Å². The molecule has 1 saturated heterocycles. The molecule has 0 radical (unpaired) electrons. The van der Waals surface area contributed by atoms with Crippen molar-refractivity contribution in [3.05, 3.63) is 0 Å². The van der Waals surface area contributed by atoms with Gasteiger partial charge in [0.25, 0.3) is 0 Å². The number of hydrogen-bond acceptors (Lipinski definition) is 4. The highest BCUT2D eigenvalue weighted by atomic mass is 16.1. The molecule has 0 bridgehead atoms. The minimum Gasteiger partial charge on any atom is -0.368 e. The van der Waals surface area contributed by atoms with Crippen LogP contribution in [0.5, 0.6) is 0 Å². The van der Waals surface area contributed by atoms with Gasteiger partial charge in [0.2, 0.25) is 5.91 Å². The summed E-state index contributed by atoms with van der Waals surface area (Å²) in [7, 11) is 0. The van der Waals surface area contributed by atoms with Gasteiger partial charge in [0.1, 0.15) is 0 Å². The van der Waals surface area contributed by atoms with Crippen molar-refractivity contribution < 1.29 is 4.79 Å². The maximum Gasteiger partial charge on any atom is 0.237 e. The highest BCUT2D eigenvalue weighted by Gasteiger charge is 2.29. The Bertz CT molecular complexity index is 288. The van der Waals surface area contributed by atoms with Crippen LogP contribution in [0.3, 0.4) is 0 Å². The van der Waals surface area contributed by atoms with Gasteiger partial charge in [-0.2, -0.15) is 0 Å². The van der Waals surface area contributed by atoms with Crippen molar-refractivity contribution >= 4 is 5.91 Å². The Hall–Kier alpha value is -0.650. The molecule has 0 spiro atoms. The number of amides is 1. The summed E-state index contributed by atoms with van der Waals surface area (Å²) in [6, 6.07) is 0. The summed E-state index contributed by atoms with van der Waals surface area (Å²) in [6.45, 7) is 13.5. The average molecular weight is 256 g/mol. The summed E-state index contributed by atoms with van der Waals surface area (Å²) < 4.78 is 0. The van der Waals surface area contributed by atoms with Gasteiger partial charge in [-0.25, -0.2) is 0 Å². The molecule has 5 heteroatoms. The van der Waals surface area contributed by atoms with Crippen LogP contribution in [0.1, 0.15) is 34.1 Å². The third-order valence-corrected chi connectivity index (χ3v) is 3.83. The van der Waals surface area contributed by atoms with E-state index in [0.717, 1.165) is 32.7 Å². The highest BCUT2D eigenvalue weighted by Crippen LogP contribution is 2.16. The van der Waals surface area contributed by atoms with Gasteiger partial charge >= 0.3 is 0 Å². The normalized spacial score (nSPS) is 22.7. The van der Waals surface area contributed by atoms with E-state index in [-0.39, 0.29) is 5.54 Å². The number of rotatable bonds is 4. The first-order valence-corrected chi connectivity index (χ1v) is 6.69. The van der Waals surface area contributed by atoms with E-state index in [2.05, 4.69) is 30.6 Å². The maximum absolute atomic E-state index is 11.1. The van der Waals surface area contributed by atoms with Crippen LogP contribution in [-0.4, -0.2) is 59.5 Å². The molecule has 5 nitrogen and oxygen atoms in total. The van der Waals surface area contributed by atoms with Crippen molar-refractivity contribution in [1.82, 2.24) is 9.80 Å². The fourth-order valence-corrected chi connectivity index (χ4v) is 2.16.